The van der Waals surface area contributed by atoms with E-state index in [1.807, 2.05) is 0 Å². The molecule has 3 nitrogen and oxygen atoms in total. The first-order chi connectivity index (χ1) is 6.66. The average Bonchev–Trinajstić information content (AvgIpc) is 2.56. The highest BCUT2D eigenvalue weighted by Gasteiger charge is 2.08. The summed E-state index contributed by atoms with van der Waals surface area (Å²) in [5.74, 6) is 0.509. The molecule has 5 heteroatoms. The van der Waals surface area contributed by atoms with Crippen molar-refractivity contribution < 1.29 is 4.42 Å². The van der Waals surface area contributed by atoms with E-state index in [4.69, 9.17) is 33.4 Å². The summed E-state index contributed by atoms with van der Waals surface area (Å²) in [4.78, 5) is 3.77. The third-order valence-electron chi connectivity index (χ3n) is 1.72. The van der Waals surface area contributed by atoms with E-state index < -0.39 is 0 Å². The van der Waals surface area contributed by atoms with E-state index in [9.17, 15) is 0 Å². The van der Waals surface area contributed by atoms with Gasteiger partial charge in [-0.3, -0.25) is 0 Å². The molecule has 2 rings (SSSR count). The van der Waals surface area contributed by atoms with Gasteiger partial charge in [-0.1, -0.05) is 23.2 Å². The van der Waals surface area contributed by atoms with Crippen molar-refractivity contribution in [3.8, 4) is 11.3 Å². The van der Waals surface area contributed by atoms with E-state index in [0.29, 0.717) is 21.4 Å². The zero-order valence-electron chi connectivity index (χ0n) is 7.00. The number of nitrogens with two attached hydrogens (primary N) is 1. The van der Waals surface area contributed by atoms with Crippen LogP contribution in [0.25, 0.3) is 11.3 Å². The third kappa shape index (κ3) is 1.69. The van der Waals surface area contributed by atoms with Crippen LogP contribution in [0.2, 0.25) is 10.0 Å². The maximum atomic E-state index is 5.95. The number of rotatable bonds is 1. The van der Waals surface area contributed by atoms with Gasteiger partial charge >= 0.3 is 0 Å². The molecule has 0 aliphatic rings. The molecule has 2 N–H and O–H groups in total. The van der Waals surface area contributed by atoms with Crippen molar-refractivity contribution >= 4 is 29.2 Å². The largest absolute Gasteiger partial charge is 0.424 e. The highest BCUT2D eigenvalue weighted by Crippen LogP contribution is 2.31. The number of oxazole rings is 1. The standard InChI is InChI=1S/C9H6Cl2N2O/c10-5-1-2-7(11)6(3-5)8-4-13-9(12)14-8/h1-4H,(H2,12,13). The molecule has 1 aromatic heterocycles. The zero-order valence-corrected chi connectivity index (χ0v) is 8.51. The van der Waals surface area contributed by atoms with Crippen molar-refractivity contribution in [2.75, 3.05) is 5.73 Å². The molecule has 0 unspecified atom stereocenters. The normalized spacial score (nSPS) is 10.4. The van der Waals surface area contributed by atoms with Crippen molar-refractivity contribution in [1.29, 1.82) is 0 Å². The van der Waals surface area contributed by atoms with Crippen molar-refractivity contribution in [1.82, 2.24) is 4.98 Å². The summed E-state index contributed by atoms with van der Waals surface area (Å²) in [6.45, 7) is 0. The van der Waals surface area contributed by atoms with Crippen LogP contribution < -0.4 is 5.73 Å². The predicted molar refractivity (Wildman–Crippen MR) is 56.4 cm³/mol. The quantitative estimate of drug-likeness (QED) is 0.816. The minimum Gasteiger partial charge on any atom is -0.424 e. The summed E-state index contributed by atoms with van der Waals surface area (Å²) in [6, 6.07) is 5.20. The number of halogens is 2. The van der Waals surface area contributed by atoms with Crippen molar-refractivity contribution in [2.24, 2.45) is 0 Å². The second-order valence-corrected chi connectivity index (χ2v) is 3.53. The molecule has 0 bridgehead atoms. The zero-order chi connectivity index (χ0) is 10.1. The van der Waals surface area contributed by atoms with Crippen LogP contribution in [0.5, 0.6) is 0 Å². The van der Waals surface area contributed by atoms with E-state index in [1.165, 1.54) is 6.20 Å². The fraction of sp³-hybridized carbons (Fsp3) is 0. The molecule has 0 aliphatic carbocycles. The second-order valence-electron chi connectivity index (χ2n) is 2.69. The fourth-order valence-corrected chi connectivity index (χ4v) is 1.48. The lowest BCUT2D eigenvalue weighted by Gasteiger charge is -1.99. The molecule has 0 radical (unpaired) electrons. The van der Waals surface area contributed by atoms with E-state index in [-0.39, 0.29) is 6.01 Å². The summed E-state index contributed by atoms with van der Waals surface area (Å²) in [5.41, 5.74) is 6.03. The molecule has 0 fully saturated rings. The molecular weight excluding hydrogens is 223 g/mol. The summed E-state index contributed by atoms with van der Waals surface area (Å²) >= 11 is 11.8. The average molecular weight is 229 g/mol. The van der Waals surface area contributed by atoms with Gasteiger partial charge in [0.25, 0.3) is 6.01 Å². The Morgan fingerprint density at radius 3 is 2.71 bits per heavy atom. The van der Waals surface area contributed by atoms with Gasteiger partial charge in [0.05, 0.1) is 11.2 Å². The van der Waals surface area contributed by atoms with Gasteiger partial charge in [0.15, 0.2) is 5.76 Å². The Morgan fingerprint density at radius 1 is 1.29 bits per heavy atom. The number of aromatic nitrogens is 1. The Hall–Kier alpha value is -1.19. The SMILES string of the molecule is Nc1ncc(-c2cc(Cl)ccc2Cl)o1. The predicted octanol–water partition coefficient (Wildman–Crippen LogP) is 3.23. The Labute approximate surface area is 90.4 Å². The molecule has 0 saturated carbocycles. The van der Waals surface area contributed by atoms with Crippen LogP contribution in [0, 0.1) is 0 Å². The van der Waals surface area contributed by atoms with E-state index in [2.05, 4.69) is 4.98 Å². The summed E-state index contributed by atoms with van der Waals surface area (Å²) < 4.78 is 5.13. The number of anilines is 1. The van der Waals surface area contributed by atoms with Crippen LogP contribution >= 0.6 is 23.2 Å². The lowest BCUT2D eigenvalue weighted by molar-refractivity contribution is 0.595. The van der Waals surface area contributed by atoms with Crippen LogP contribution in [0.3, 0.4) is 0 Å². The Kier molecular flexibility index (Phi) is 2.35. The van der Waals surface area contributed by atoms with Gasteiger partial charge in [-0.25, -0.2) is 4.98 Å². The number of hydrogen-bond donors (Lipinski definition) is 1. The maximum absolute atomic E-state index is 5.95. The smallest absolute Gasteiger partial charge is 0.292 e. The minimum atomic E-state index is 0.107. The number of nitrogens with zero attached hydrogens (tertiary/aromatic N) is 1. The molecule has 0 amide bonds. The number of hydrogen-bond acceptors (Lipinski definition) is 3. The summed E-state index contributed by atoms with van der Waals surface area (Å²) in [5, 5.41) is 1.13. The van der Waals surface area contributed by atoms with Crippen LogP contribution in [0.15, 0.2) is 28.8 Å². The lowest BCUT2D eigenvalue weighted by atomic mass is 10.2. The molecule has 1 heterocycles. The highest BCUT2D eigenvalue weighted by atomic mass is 35.5. The van der Waals surface area contributed by atoms with Gasteiger partial charge in [-0.15, -0.1) is 0 Å². The van der Waals surface area contributed by atoms with Gasteiger partial charge in [0, 0.05) is 10.6 Å². The van der Waals surface area contributed by atoms with E-state index in [0.717, 1.165) is 0 Å². The van der Waals surface area contributed by atoms with Crippen LogP contribution in [-0.2, 0) is 0 Å². The monoisotopic (exact) mass is 228 g/mol. The van der Waals surface area contributed by atoms with Gasteiger partial charge in [-0.05, 0) is 18.2 Å². The van der Waals surface area contributed by atoms with Gasteiger partial charge in [0.2, 0.25) is 0 Å². The molecular formula is C9H6Cl2N2O. The van der Waals surface area contributed by atoms with Crippen molar-refractivity contribution in [3.05, 3.63) is 34.4 Å². The molecule has 14 heavy (non-hydrogen) atoms. The topological polar surface area (TPSA) is 52.0 Å². The Bertz CT molecular complexity index is 468. The maximum Gasteiger partial charge on any atom is 0.292 e. The minimum absolute atomic E-state index is 0.107. The molecule has 0 aliphatic heterocycles. The second kappa shape index (κ2) is 3.52. The van der Waals surface area contributed by atoms with Crippen molar-refractivity contribution in [2.45, 2.75) is 0 Å². The fourth-order valence-electron chi connectivity index (χ4n) is 1.10. The van der Waals surface area contributed by atoms with Gasteiger partial charge in [0.1, 0.15) is 0 Å². The number of nitrogen functional groups attached to an aromatic ring is 1. The molecule has 0 atom stereocenters. The first kappa shape index (κ1) is 9.37. The third-order valence-corrected chi connectivity index (χ3v) is 2.28. The van der Waals surface area contributed by atoms with Crippen LogP contribution in [-0.4, -0.2) is 4.98 Å². The van der Waals surface area contributed by atoms with Gasteiger partial charge in [-0.2, -0.15) is 0 Å². The molecule has 0 spiro atoms. The molecule has 1 aromatic carbocycles. The number of benzene rings is 1. The molecule has 2 aromatic rings. The lowest BCUT2D eigenvalue weighted by Crippen LogP contribution is -1.80. The summed E-state index contributed by atoms with van der Waals surface area (Å²) in [6.07, 6.45) is 1.51. The van der Waals surface area contributed by atoms with Crippen molar-refractivity contribution in [3.63, 3.8) is 0 Å². The van der Waals surface area contributed by atoms with Gasteiger partial charge < -0.3 is 10.2 Å². The first-order valence-electron chi connectivity index (χ1n) is 3.83. The summed E-state index contributed by atoms with van der Waals surface area (Å²) in [7, 11) is 0. The molecule has 72 valence electrons. The highest BCUT2D eigenvalue weighted by molar-refractivity contribution is 6.35. The van der Waals surface area contributed by atoms with Crippen LogP contribution in [0.1, 0.15) is 0 Å². The van der Waals surface area contributed by atoms with Crippen LogP contribution in [0.4, 0.5) is 6.01 Å². The van der Waals surface area contributed by atoms with E-state index >= 15 is 0 Å². The first-order valence-corrected chi connectivity index (χ1v) is 4.59. The Morgan fingerprint density at radius 2 is 2.07 bits per heavy atom. The molecule has 0 saturated heterocycles. The Balaban J connectivity index is 2.55. The van der Waals surface area contributed by atoms with E-state index in [1.54, 1.807) is 18.2 Å².